The predicted molar refractivity (Wildman–Crippen MR) is 101 cm³/mol. The van der Waals surface area contributed by atoms with Crippen LogP contribution < -0.4 is 5.32 Å². The van der Waals surface area contributed by atoms with Gasteiger partial charge in [0.1, 0.15) is 5.52 Å². The Labute approximate surface area is 149 Å². The Morgan fingerprint density at radius 3 is 2.64 bits per heavy atom. The number of oxazole rings is 1. The van der Waals surface area contributed by atoms with Gasteiger partial charge in [0.15, 0.2) is 5.58 Å². The summed E-state index contributed by atoms with van der Waals surface area (Å²) in [6.07, 6.45) is 1.25. The zero-order valence-electron chi connectivity index (χ0n) is 13.4. The van der Waals surface area contributed by atoms with E-state index in [2.05, 4.69) is 10.3 Å². The molecule has 0 saturated heterocycles. The number of benzene rings is 2. The molecule has 0 fully saturated rings. The van der Waals surface area contributed by atoms with Crippen molar-refractivity contribution in [3.8, 4) is 11.5 Å². The van der Waals surface area contributed by atoms with Crippen molar-refractivity contribution in [2.24, 2.45) is 0 Å². The number of para-hydroxylation sites is 2. The number of aromatic nitrogens is 1. The number of carbonyl (C=O) groups excluding carboxylic acids is 1. The molecule has 124 valence electrons. The monoisotopic (exact) mass is 348 g/mol. The van der Waals surface area contributed by atoms with Gasteiger partial charge in [-0.3, -0.25) is 4.79 Å². The molecule has 1 N–H and O–H groups in total. The lowest BCUT2D eigenvalue weighted by Gasteiger charge is -2.05. The Bertz CT molecular complexity index is 955. The number of fused-ring (bicyclic) bond motifs is 1. The molecule has 0 spiro atoms. The highest BCUT2D eigenvalue weighted by Crippen LogP contribution is 2.25. The van der Waals surface area contributed by atoms with Crippen molar-refractivity contribution in [1.82, 2.24) is 4.98 Å². The maximum atomic E-state index is 12.0. The van der Waals surface area contributed by atoms with Gasteiger partial charge in [-0.05, 0) is 54.3 Å². The Hall–Kier alpha value is -2.92. The first-order valence-corrected chi connectivity index (χ1v) is 8.94. The number of nitrogens with one attached hydrogen (secondary N) is 1. The smallest absolute Gasteiger partial charge is 0.227 e. The van der Waals surface area contributed by atoms with E-state index in [0.717, 1.165) is 28.8 Å². The minimum absolute atomic E-state index is 0.0167. The Morgan fingerprint density at radius 1 is 1.04 bits per heavy atom. The molecule has 4 nitrogen and oxygen atoms in total. The minimum Gasteiger partial charge on any atom is -0.436 e. The lowest BCUT2D eigenvalue weighted by molar-refractivity contribution is -0.116. The second-order valence-corrected chi connectivity index (χ2v) is 6.72. The highest BCUT2D eigenvalue weighted by atomic mass is 32.1. The van der Waals surface area contributed by atoms with E-state index in [4.69, 9.17) is 4.42 Å². The average molecular weight is 348 g/mol. The molecule has 0 atom stereocenters. The van der Waals surface area contributed by atoms with Crippen LogP contribution in [-0.4, -0.2) is 10.9 Å². The van der Waals surface area contributed by atoms with Gasteiger partial charge < -0.3 is 9.73 Å². The summed E-state index contributed by atoms with van der Waals surface area (Å²) in [6.45, 7) is 0. The van der Waals surface area contributed by atoms with Crippen LogP contribution in [-0.2, 0) is 11.2 Å². The third-order valence-corrected chi connectivity index (χ3v) is 4.82. The summed E-state index contributed by atoms with van der Waals surface area (Å²) < 4.78 is 5.76. The normalized spacial score (nSPS) is 10.9. The molecule has 2 aromatic carbocycles. The van der Waals surface area contributed by atoms with Crippen LogP contribution in [0.5, 0.6) is 0 Å². The number of thiophene rings is 1. The zero-order valence-corrected chi connectivity index (χ0v) is 14.3. The summed E-state index contributed by atoms with van der Waals surface area (Å²) in [7, 11) is 0. The van der Waals surface area contributed by atoms with Crippen LogP contribution in [0.2, 0.25) is 0 Å². The highest BCUT2D eigenvalue weighted by molar-refractivity contribution is 7.09. The first-order valence-electron chi connectivity index (χ1n) is 8.06. The molecule has 0 bridgehead atoms. The van der Waals surface area contributed by atoms with Crippen molar-refractivity contribution in [3.05, 3.63) is 70.9 Å². The van der Waals surface area contributed by atoms with Gasteiger partial charge in [-0.15, -0.1) is 11.3 Å². The summed E-state index contributed by atoms with van der Waals surface area (Å²) in [5, 5.41) is 4.95. The average Bonchev–Trinajstić information content (AvgIpc) is 3.30. The number of hydrogen-bond acceptors (Lipinski definition) is 4. The number of nitrogens with zero attached hydrogens (tertiary/aromatic N) is 1. The number of hydrogen-bond donors (Lipinski definition) is 1. The number of amides is 1. The zero-order chi connectivity index (χ0) is 17.1. The lowest BCUT2D eigenvalue weighted by Crippen LogP contribution is -2.11. The number of carbonyl (C=O) groups is 1. The van der Waals surface area contributed by atoms with Crippen molar-refractivity contribution in [3.63, 3.8) is 0 Å². The first kappa shape index (κ1) is 15.6. The summed E-state index contributed by atoms with van der Waals surface area (Å²) in [6, 6.07) is 19.3. The third kappa shape index (κ3) is 3.61. The SMILES string of the molecule is O=C(CCc1cccs1)Nc1ccc(-c2nc3ccccc3o2)cc1. The van der Waals surface area contributed by atoms with Crippen LogP contribution in [0.25, 0.3) is 22.6 Å². The van der Waals surface area contributed by atoms with E-state index in [0.29, 0.717) is 12.3 Å². The standard InChI is InChI=1S/C20H16N2O2S/c23-19(12-11-16-4-3-13-25-16)21-15-9-7-14(8-10-15)20-22-17-5-1-2-6-18(17)24-20/h1-10,13H,11-12H2,(H,21,23). The fourth-order valence-corrected chi connectivity index (χ4v) is 3.32. The van der Waals surface area contributed by atoms with E-state index in [1.165, 1.54) is 4.88 Å². The van der Waals surface area contributed by atoms with Gasteiger partial charge in [-0.2, -0.15) is 0 Å². The molecule has 0 saturated carbocycles. The molecule has 0 unspecified atom stereocenters. The Balaban J connectivity index is 1.42. The predicted octanol–water partition coefficient (Wildman–Crippen LogP) is 5.13. The van der Waals surface area contributed by atoms with E-state index in [9.17, 15) is 4.79 Å². The van der Waals surface area contributed by atoms with Crippen LogP contribution in [0.1, 0.15) is 11.3 Å². The number of rotatable bonds is 5. The van der Waals surface area contributed by atoms with Crippen molar-refractivity contribution in [2.75, 3.05) is 5.32 Å². The summed E-state index contributed by atoms with van der Waals surface area (Å²) in [5.74, 6) is 0.597. The molecular formula is C20H16N2O2S. The van der Waals surface area contributed by atoms with E-state index < -0.39 is 0 Å². The topological polar surface area (TPSA) is 55.1 Å². The molecule has 2 aromatic heterocycles. The van der Waals surface area contributed by atoms with Crippen LogP contribution in [0.3, 0.4) is 0 Å². The molecule has 4 rings (SSSR count). The molecule has 5 heteroatoms. The fourth-order valence-electron chi connectivity index (χ4n) is 2.61. The van der Waals surface area contributed by atoms with Gasteiger partial charge in [0, 0.05) is 22.5 Å². The molecule has 4 aromatic rings. The maximum absolute atomic E-state index is 12.0. The molecule has 2 heterocycles. The summed E-state index contributed by atoms with van der Waals surface area (Å²) in [4.78, 5) is 17.7. The highest BCUT2D eigenvalue weighted by Gasteiger charge is 2.08. The second kappa shape index (κ2) is 6.91. The van der Waals surface area contributed by atoms with E-state index in [1.807, 2.05) is 66.0 Å². The van der Waals surface area contributed by atoms with Crippen molar-refractivity contribution in [1.29, 1.82) is 0 Å². The molecule has 0 aliphatic heterocycles. The van der Waals surface area contributed by atoms with Gasteiger partial charge >= 0.3 is 0 Å². The van der Waals surface area contributed by atoms with Crippen molar-refractivity contribution in [2.45, 2.75) is 12.8 Å². The summed E-state index contributed by atoms with van der Waals surface area (Å²) >= 11 is 1.68. The molecule has 1 amide bonds. The minimum atomic E-state index is 0.0167. The quantitative estimate of drug-likeness (QED) is 0.544. The lowest BCUT2D eigenvalue weighted by atomic mass is 10.2. The van der Waals surface area contributed by atoms with Crippen molar-refractivity contribution < 1.29 is 9.21 Å². The van der Waals surface area contributed by atoms with Gasteiger partial charge in [0.2, 0.25) is 11.8 Å². The molecule has 0 radical (unpaired) electrons. The van der Waals surface area contributed by atoms with E-state index >= 15 is 0 Å². The first-order chi connectivity index (χ1) is 12.3. The summed E-state index contributed by atoms with van der Waals surface area (Å²) in [5.41, 5.74) is 3.26. The molecule has 25 heavy (non-hydrogen) atoms. The fraction of sp³-hybridized carbons (Fsp3) is 0.100. The van der Waals surface area contributed by atoms with E-state index in [-0.39, 0.29) is 5.91 Å². The van der Waals surface area contributed by atoms with Gasteiger partial charge in [-0.25, -0.2) is 4.98 Å². The second-order valence-electron chi connectivity index (χ2n) is 5.69. The molecular weight excluding hydrogens is 332 g/mol. The molecule has 0 aliphatic rings. The number of aryl methyl sites for hydroxylation is 1. The maximum Gasteiger partial charge on any atom is 0.227 e. The van der Waals surface area contributed by atoms with Gasteiger partial charge in [-0.1, -0.05) is 18.2 Å². The van der Waals surface area contributed by atoms with Crippen LogP contribution in [0, 0.1) is 0 Å². The Morgan fingerprint density at radius 2 is 1.88 bits per heavy atom. The molecule has 0 aliphatic carbocycles. The van der Waals surface area contributed by atoms with Crippen LogP contribution >= 0.6 is 11.3 Å². The Kier molecular flexibility index (Phi) is 4.31. The van der Waals surface area contributed by atoms with Gasteiger partial charge in [0.25, 0.3) is 0 Å². The van der Waals surface area contributed by atoms with Crippen molar-refractivity contribution >= 4 is 34.0 Å². The van der Waals surface area contributed by atoms with Crippen LogP contribution in [0.4, 0.5) is 5.69 Å². The van der Waals surface area contributed by atoms with E-state index in [1.54, 1.807) is 11.3 Å². The van der Waals surface area contributed by atoms with Crippen LogP contribution in [0.15, 0.2) is 70.5 Å². The third-order valence-electron chi connectivity index (χ3n) is 3.89. The largest absolute Gasteiger partial charge is 0.436 e. The number of anilines is 1. The van der Waals surface area contributed by atoms with Gasteiger partial charge in [0.05, 0.1) is 0 Å².